The van der Waals surface area contributed by atoms with Gasteiger partial charge in [0.25, 0.3) is 0 Å². The number of hydrogen-bond donors (Lipinski definition) is 4. The number of nitrogens with two attached hydrogens (primary N) is 1. The molecule has 0 unspecified atom stereocenters. The average Bonchev–Trinajstić information content (AvgIpc) is 2.10. The molecule has 5 N–H and O–H groups in total. The van der Waals surface area contributed by atoms with Crippen LogP contribution in [0.1, 0.15) is 26.2 Å². The van der Waals surface area contributed by atoms with E-state index >= 15 is 0 Å². The molecule has 6 heteroatoms. The highest BCUT2D eigenvalue weighted by molar-refractivity contribution is 5.77. The molecule has 0 rings (SSSR count). The molecule has 0 aromatic heterocycles. The Labute approximate surface area is 82.8 Å². The molecule has 0 fully saturated rings. The van der Waals surface area contributed by atoms with Gasteiger partial charge in [0.05, 0.1) is 0 Å². The van der Waals surface area contributed by atoms with Crippen LogP contribution in [0, 0.1) is 0 Å². The lowest BCUT2D eigenvalue weighted by Gasteiger charge is -2.13. The first kappa shape index (κ1) is 12.9. The maximum absolute atomic E-state index is 10.7. The largest absolute Gasteiger partial charge is 0.480 e. The Hall–Kier alpha value is -1.14. The standard InChI is InChI=1S/C8H17N3O3/c1-2-5-10-11-6(8(13)14)3-4-7(9)12/h6,10-11H,2-5H2,1H3,(H2,9,12)(H,13,14)/t6-/m0/s1. The van der Waals surface area contributed by atoms with E-state index in [0.29, 0.717) is 6.54 Å². The third-order valence-corrected chi connectivity index (χ3v) is 1.63. The number of primary amides is 1. The van der Waals surface area contributed by atoms with Crippen LogP contribution in [0.3, 0.4) is 0 Å². The normalized spacial score (nSPS) is 12.4. The Morgan fingerprint density at radius 1 is 1.50 bits per heavy atom. The Balaban J connectivity index is 3.78. The van der Waals surface area contributed by atoms with E-state index < -0.39 is 17.9 Å². The number of aliphatic carboxylic acids is 1. The monoisotopic (exact) mass is 203 g/mol. The molecular weight excluding hydrogens is 186 g/mol. The summed E-state index contributed by atoms with van der Waals surface area (Å²) in [5, 5.41) is 8.73. The van der Waals surface area contributed by atoms with Gasteiger partial charge in [0, 0.05) is 13.0 Å². The molecular formula is C8H17N3O3. The number of hydrazine groups is 1. The third kappa shape index (κ3) is 6.38. The summed E-state index contributed by atoms with van der Waals surface area (Å²) in [6.45, 7) is 2.65. The number of carboxylic acids is 1. The molecule has 0 saturated heterocycles. The van der Waals surface area contributed by atoms with Crippen LogP contribution in [0.2, 0.25) is 0 Å². The van der Waals surface area contributed by atoms with E-state index in [1.807, 2.05) is 6.92 Å². The zero-order valence-corrected chi connectivity index (χ0v) is 8.25. The Bertz CT molecular complexity index is 196. The molecule has 0 radical (unpaired) electrons. The summed E-state index contributed by atoms with van der Waals surface area (Å²) in [6, 6.07) is -0.769. The SMILES string of the molecule is CCCNN[C@@H](CCC(N)=O)C(=O)O. The van der Waals surface area contributed by atoms with Gasteiger partial charge in [0.15, 0.2) is 0 Å². The molecule has 0 aromatic carbocycles. The lowest BCUT2D eigenvalue weighted by Crippen LogP contribution is -2.46. The van der Waals surface area contributed by atoms with Crippen molar-refractivity contribution in [2.24, 2.45) is 5.73 Å². The van der Waals surface area contributed by atoms with Crippen LogP contribution in [0.25, 0.3) is 0 Å². The number of nitrogens with one attached hydrogen (secondary N) is 2. The van der Waals surface area contributed by atoms with Gasteiger partial charge in [0.2, 0.25) is 5.91 Å². The highest BCUT2D eigenvalue weighted by Crippen LogP contribution is 1.95. The van der Waals surface area contributed by atoms with E-state index in [0.717, 1.165) is 6.42 Å². The molecule has 0 spiro atoms. The van der Waals surface area contributed by atoms with E-state index in [1.54, 1.807) is 0 Å². The lowest BCUT2D eigenvalue weighted by atomic mass is 10.1. The van der Waals surface area contributed by atoms with Gasteiger partial charge in [-0.2, -0.15) is 0 Å². The molecule has 0 aliphatic heterocycles. The van der Waals surface area contributed by atoms with Gasteiger partial charge in [-0.1, -0.05) is 6.92 Å². The molecule has 0 aliphatic rings. The van der Waals surface area contributed by atoms with Crippen molar-refractivity contribution in [3.8, 4) is 0 Å². The number of rotatable bonds is 8. The number of hydrogen-bond acceptors (Lipinski definition) is 4. The summed E-state index contributed by atoms with van der Waals surface area (Å²) in [4.78, 5) is 21.1. The summed E-state index contributed by atoms with van der Waals surface area (Å²) in [6.07, 6.45) is 1.16. The quantitative estimate of drug-likeness (QED) is 0.305. The molecule has 0 saturated carbocycles. The smallest absolute Gasteiger partial charge is 0.322 e. The highest BCUT2D eigenvalue weighted by Gasteiger charge is 2.16. The van der Waals surface area contributed by atoms with Gasteiger partial charge >= 0.3 is 5.97 Å². The second kappa shape index (κ2) is 7.28. The van der Waals surface area contributed by atoms with E-state index in [4.69, 9.17) is 10.8 Å². The topological polar surface area (TPSA) is 104 Å². The van der Waals surface area contributed by atoms with E-state index in [9.17, 15) is 9.59 Å². The molecule has 14 heavy (non-hydrogen) atoms. The molecule has 82 valence electrons. The van der Waals surface area contributed by atoms with Crippen molar-refractivity contribution in [2.75, 3.05) is 6.54 Å². The van der Waals surface area contributed by atoms with Gasteiger partial charge in [0.1, 0.15) is 6.04 Å². The molecule has 6 nitrogen and oxygen atoms in total. The van der Waals surface area contributed by atoms with Crippen LogP contribution >= 0.6 is 0 Å². The molecule has 1 amide bonds. The first-order chi connectivity index (χ1) is 6.57. The summed E-state index contributed by atoms with van der Waals surface area (Å²) < 4.78 is 0. The number of carbonyl (C=O) groups is 2. The Morgan fingerprint density at radius 3 is 2.57 bits per heavy atom. The fourth-order valence-electron chi connectivity index (χ4n) is 0.864. The van der Waals surface area contributed by atoms with Crippen LogP contribution in [-0.2, 0) is 9.59 Å². The van der Waals surface area contributed by atoms with Gasteiger partial charge in [-0.25, -0.2) is 5.43 Å². The molecule has 0 heterocycles. The van der Waals surface area contributed by atoms with Gasteiger partial charge < -0.3 is 10.8 Å². The minimum absolute atomic E-state index is 0.0672. The molecule has 1 atom stereocenters. The molecule has 0 aromatic rings. The molecule has 0 bridgehead atoms. The van der Waals surface area contributed by atoms with Crippen molar-refractivity contribution in [3.63, 3.8) is 0 Å². The predicted molar refractivity (Wildman–Crippen MR) is 51.3 cm³/mol. The number of amides is 1. The van der Waals surface area contributed by atoms with Crippen molar-refractivity contribution in [2.45, 2.75) is 32.2 Å². The summed E-state index contributed by atoms with van der Waals surface area (Å²) >= 11 is 0. The second-order valence-electron chi connectivity index (χ2n) is 2.97. The fourth-order valence-corrected chi connectivity index (χ4v) is 0.864. The first-order valence-corrected chi connectivity index (χ1v) is 4.57. The first-order valence-electron chi connectivity index (χ1n) is 4.57. The van der Waals surface area contributed by atoms with E-state index in [2.05, 4.69) is 10.9 Å². The fraction of sp³-hybridized carbons (Fsp3) is 0.750. The maximum atomic E-state index is 10.7. The van der Waals surface area contributed by atoms with Crippen LogP contribution in [-0.4, -0.2) is 29.6 Å². The van der Waals surface area contributed by atoms with Crippen molar-refractivity contribution in [3.05, 3.63) is 0 Å². The average molecular weight is 203 g/mol. The second-order valence-corrected chi connectivity index (χ2v) is 2.97. The minimum atomic E-state index is -0.991. The summed E-state index contributed by atoms with van der Waals surface area (Å²) in [5.74, 6) is -1.48. The van der Waals surface area contributed by atoms with Crippen LogP contribution in [0.4, 0.5) is 0 Å². The summed E-state index contributed by atoms with van der Waals surface area (Å²) in [7, 11) is 0. The van der Waals surface area contributed by atoms with Gasteiger partial charge in [-0.15, -0.1) is 0 Å². The minimum Gasteiger partial charge on any atom is -0.480 e. The third-order valence-electron chi connectivity index (χ3n) is 1.63. The lowest BCUT2D eigenvalue weighted by molar-refractivity contribution is -0.140. The molecule has 0 aliphatic carbocycles. The van der Waals surface area contributed by atoms with Gasteiger partial charge in [-0.05, 0) is 12.8 Å². The predicted octanol–water partition coefficient (Wildman–Crippen LogP) is -0.791. The van der Waals surface area contributed by atoms with E-state index in [1.165, 1.54) is 0 Å². The van der Waals surface area contributed by atoms with Crippen molar-refractivity contribution in [1.82, 2.24) is 10.9 Å². The highest BCUT2D eigenvalue weighted by atomic mass is 16.4. The zero-order valence-electron chi connectivity index (χ0n) is 8.25. The Kier molecular flexibility index (Phi) is 6.69. The summed E-state index contributed by atoms with van der Waals surface area (Å²) in [5.41, 5.74) is 10.3. The van der Waals surface area contributed by atoms with Crippen molar-refractivity contribution < 1.29 is 14.7 Å². The van der Waals surface area contributed by atoms with Gasteiger partial charge in [-0.3, -0.25) is 15.0 Å². The number of carboxylic acid groups (broad SMARTS) is 1. The van der Waals surface area contributed by atoms with Crippen LogP contribution < -0.4 is 16.6 Å². The maximum Gasteiger partial charge on any atom is 0.322 e. The van der Waals surface area contributed by atoms with E-state index in [-0.39, 0.29) is 12.8 Å². The Morgan fingerprint density at radius 2 is 2.14 bits per heavy atom. The van der Waals surface area contributed by atoms with Crippen LogP contribution in [0.15, 0.2) is 0 Å². The van der Waals surface area contributed by atoms with Crippen molar-refractivity contribution in [1.29, 1.82) is 0 Å². The van der Waals surface area contributed by atoms with Crippen LogP contribution in [0.5, 0.6) is 0 Å². The van der Waals surface area contributed by atoms with Crippen molar-refractivity contribution >= 4 is 11.9 Å². The zero-order chi connectivity index (χ0) is 11.0. The number of carbonyl (C=O) groups excluding carboxylic acids is 1.